The Hall–Kier alpha value is -9.31. The van der Waals surface area contributed by atoms with E-state index in [-0.39, 0.29) is 50.5 Å². The summed E-state index contributed by atoms with van der Waals surface area (Å²) in [5.41, 5.74) is 4.64. The number of unbranched alkanes of at least 4 members (excludes halogenated alkanes) is 6. The van der Waals surface area contributed by atoms with Crippen molar-refractivity contribution >= 4 is 69.3 Å². The highest BCUT2D eigenvalue weighted by Gasteiger charge is 2.22. The second-order valence-corrected chi connectivity index (χ2v) is 17.5. The maximum absolute atomic E-state index is 14.0. The Balaban J connectivity index is 1.25. The van der Waals surface area contributed by atoms with Gasteiger partial charge in [-0.05, 0) is 173 Å². The van der Waals surface area contributed by atoms with Gasteiger partial charge in [0.2, 0.25) is 0 Å². The van der Waals surface area contributed by atoms with Crippen LogP contribution in [0.4, 0.5) is 5.69 Å². The number of carbonyl (C=O) groups excluding carboxylic acids is 6. The monoisotopic (exact) mass is 1040 g/mol. The fraction of sp³-hybridized carbons (Fsp3) is 0.230. The molecule has 0 spiro atoms. The highest BCUT2D eigenvalue weighted by molar-refractivity contribution is 6.06. The van der Waals surface area contributed by atoms with Crippen LogP contribution in [0.5, 0.6) is 34.5 Å². The van der Waals surface area contributed by atoms with E-state index < -0.39 is 35.8 Å². The second kappa shape index (κ2) is 29.0. The zero-order chi connectivity index (χ0) is 55.1. The summed E-state index contributed by atoms with van der Waals surface area (Å²) in [4.78, 5) is 75.3. The first-order valence-electron chi connectivity index (χ1n) is 24.9. The summed E-state index contributed by atoms with van der Waals surface area (Å²) >= 11 is 0. The van der Waals surface area contributed by atoms with Crippen molar-refractivity contribution in [1.82, 2.24) is 0 Å². The molecule has 0 atom stereocenters. The molecule has 0 radical (unpaired) electrons. The van der Waals surface area contributed by atoms with Gasteiger partial charge in [0.05, 0.1) is 49.5 Å². The van der Waals surface area contributed by atoms with E-state index in [1.54, 1.807) is 85.8 Å². The lowest BCUT2D eigenvalue weighted by molar-refractivity contribution is -0.138. The molecule has 0 amide bonds. The minimum absolute atomic E-state index is 0.0190. The van der Waals surface area contributed by atoms with E-state index in [9.17, 15) is 28.8 Å². The van der Waals surface area contributed by atoms with Crippen LogP contribution in [0.25, 0.3) is 21.5 Å². The third-order valence-corrected chi connectivity index (χ3v) is 11.4. The van der Waals surface area contributed by atoms with E-state index in [1.807, 2.05) is 12.1 Å². The highest BCUT2D eigenvalue weighted by Crippen LogP contribution is 2.40. The Bertz CT molecular complexity index is 3180. The standard InChI is InChI=1S/C61H60N2O14/c1-7-55(64)72-33-15-11-9-13-31-70-48-24-18-42(19-25-48)60(68)76-54-37-46(39-62-63-47-23-17-45-36-50(28-22-44(45)35-47)74-58(66)40(3)4)57(52-30-29-51(38-53(52)54)75-59(67)41(5)6)77-61(69)43-20-26-49(27-21-43)71-32-14-10-12-16-34-73-56(65)8-2/h7-8,17-30,35-39,63H,1-3,5,9-16,31-34H2,4,6H3/b62-39+. The Morgan fingerprint density at radius 3 is 1.49 bits per heavy atom. The van der Waals surface area contributed by atoms with E-state index in [2.05, 4.69) is 36.8 Å². The first-order valence-corrected chi connectivity index (χ1v) is 24.9. The number of nitrogens with zero attached hydrogens (tertiary/aromatic N) is 1. The quantitative estimate of drug-likeness (QED) is 0.0116. The molecule has 0 aliphatic carbocycles. The van der Waals surface area contributed by atoms with Gasteiger partial charge in [-0.1, -0.05) is 38.4 Å². The lowest BCUT2D eigenvalue weighted by atomic mass is 10.0. The summed E-state index contributed by atoms with van der Waals surface area (Å²) < 4.78 is 45.1. The number of rotatable bonds is 29. The molecule has 0 fully saturated rings. The topological polar surface area (TPSA) is 201 Å². The smallest absolute Gasteiger partial charge is 0.343 e. The van der Waals surface area contributed by atoms with Crippen LogP contribution < -0.4 is 33.8 Å². The third kappa shape index (κ3) is 17.7. The summed E-state index contributed by atoms with van der Waals surface area (Å²) in [5.74, 6) is -1.94. The van der Waals surface area contributed by atoms with E-state index in [1.165, 1.54) is 31.3 Å². The van der Waals surface area contributed by atoms with Crippen LogP contribution in [-0.2, 0) is 28.7 Å². The molecule has 77 heavy (non-hydrogen) atoms. The van der Waals surface area contributed by atoms with Gasteiger partial charge in [-0.2, -0.15) is 5.10 Å². The van der Waals surface area contributed by atoms with Gasteiger partial charge in [0, 0.05) is 39.6 Å². The van der Waals surface area contributed by atoms with E-state index in [4.69, 9.17) is 37.9 Å². The number of benzene rings is 6. The number of fused-ring (bicyclic) bond motifs is 2. The molecule has 6 rings (SSSR count). The molecule has 0 saturated heterocycles. The summed E-state index contributed by atoms with van der Waals surface area (Å²) in [6, 6.07) is 29.6. The normalized spacial score (nSPS) is 10.8. The number of carbonyl (C=O) groups is 6. The van der Waals surface area contributed by atoms with Crippen LogP contribution in [0.1, 0.15) is 91.5 Å². The van der Waals surface area contributed by atoms with Crippen molar-refractivity contribution in [3.8, 4) is 34.5 Å². The Morgan fingerprint density at radius 2 is 0.961 bits per heavy atom. The van der Waals surface area contributed by atoms with Crippen molar-refractivity contribution in [3.63, 3.8) is 0 Å². The Kier molecular flexibility index (Phi) is 21.4. The number of hydrazone groups is 1. The molecule has 0 unspecified atom stereocenters. The Labute approximate surface area is 446 Å². The van der Waals surface area contributed by atoms with Crippen LogP contribution in [0.15, 0.2) is 164 Å². The van der Waals surface area contributed by atoms with E-state index in [0.717, 1.165) is 74.3 Å². The average Bonchev–Trinajstić information content (AvgIpc) is 3.43. The molecule has 16 heteroatoms. The van der Waals surface area contributed by atoms with Crippen LogP contribution in [-0.4, -0.2) is 68.5 Å². The summed E-state index contributed by atoms with van der Waals surface area (Å²) in [6.07, 6.45) is 10.1. The van der Waals surface area contributed by atoms with Gasteiger partial charge in [0.1, 0.15) is 34.5 Å². The third-order valence-electron chi connectivity index (χ3n) is 11.4. The van der Waals surface area contributed by atoms with Crippen LogP contribution in [0, 0.1) is 0 Å². The molecule has 0 saturated carbocycles. The molecule has 0 heterocycles. The molecule has 6 aromatic rings. The predicted octanol–water partition coefficient (Wildman–Crippen LogP) is 12.2. The first-order chi connectivity index (χ1) is 37.2. The van der Waals surface area contributed by atoms with Gasteiger partial charge < -0.3 is 37.9 Å². The summed E-state index contributed by atoms with van der Waals surface area (Å²) in [6.45, 7) is 18.7. The van der Waals surface area contributed by atoms with Gasteiger partial charge in [-0.3, -0.25) is 5.43 Å². The number of anilines is 1. The lowest BCUT2D eigenvalue weighted by Gasteiger charge is -2.16. The van der Waals surface area contributed by atoms with Crippen molar-refractivity contribution in [2.24, 2.45) is 5.10 Å². The number of ether oxygens (including phenoxy) is 8. The van der Waals surface area contributed by atoms with E-state index >= 15 is 0 Å². The number of hydrogen-bond donors (Lipinski definition) is 1. The minimum atomic E-state index is -0.729. The van der Waals surface area contributed by atoms with Gasteiger partial charge in [0.25, 0.3) is 0 Å². The maximum atomic E-state index is 14.0. The molecule has 0 aliphatic rings. The number of esters is 6. The fourth-order valence-corrected chi connectivity index (χ4v) is 7.29. The van der Waals surface area contributed by atoms with Crippen molar-refractivity contribution < 1.29 is 66.7 Å². The average molecular weight is 1050 g/mol. The summed E-state index contributed by atoms with van der Waals surface area (Å²) in [5, 5.41) is 6.66. The van der Waals surface area contributed by atoms with Crippen LogP contribution in [0.3, 0.4) is 0 Å². The molecule has 16 nitrogen and oxygen atoms in total. The van der Waals surface area contributed by atoms with Crippen molar-refractivity contribution in [1.29, 1.82) is 0 Å². The van der Waals surface area contributed by atoms with Crippen molar-refractivity contribution in [2.45, 2.75) is 65.2 Å². The molecule has 6 aromatic carbocycles. The second-order valence-electron chi connectivity index (χ2n) is 17.5. The fourth-order valence-electron chi connectivity index (χ4n) is 7.29. The van der Waals surface area contributed by atoms with Crippen LogP contribution in [0.2, 0.25) is 0 Å². The van der Waals surface area contributed by atoms with Gasteiger partial charge >= 0.3 is 35.8 Å². The molecular weight excluding hydrogens is 985 g/mol. The first kappa shape index (κ1) is 57.0. The molecular formula is C61H60N2O14. The lowest BCUT2D eigenvalue weighted by Crippen LogP contribution is -2.13. The van der Waals surface area contributed by atoms with Crippen LogP contribution >= 0.6 is 0 Å². The zero-order valence-electron chi connectivity index (χ0n) is 43.1. The Morgan fingerprint density at radius 1 is 0.494 bits per heavy atom. The molecule has 1 N–H and O–H groups in total. The molecule has 0 aromatic heterocycles. The summed E-state index contributed by atoms with van der Waals surface area (Å²) in [7, 11) is 0. The largest absolute Gasteiger partial charge is 0.494 e. The highest BCUT2D eigenvalue weighted by atomic mass is 16.6. The minimum Gasteiger partial charge on any atom is -0.494 e. The number of hydrogen-bond acceptors (Lipinski definition) is 16. The van der Waals surface area contributed by atoms with Gasteiger partial charge in [0.15, 0.2) is 0 Å². The van der Waals surface area contributed by atoms with Crippen molar-refractivity contribution in [3.05, 3.63) is 175 Å². The van der Waals surface area contributed by atoms with Gasteiger partial charge in [-0.25, -0.2) is 28.8 Å². The van der Waals surface area contributed by atoms with Crippen molar-refractivity contribution in [2.75, 3.05) is 31.9 Å². The zero-order valence-corrected chi connectivity index (χ0v) is 43.1. The molecule has 0 aliphatic heterocycles. The molecule has 398 valence electrons. The van der Waals surface area contributed by atoms with E-state index in [0.29, 0.717) is 54.7 Å². The maximum Gasteiger partial charge on any atom is 0.343 e. The number of nitrogens with one attached hydrogen (secondary N) is 1. The van der Waals surface area contributed by atoms with Gasteiger partial charge in [-0.15, -0.1) is 0 Å². The predicted molar refractivity (Wildman–Crippen MR) is 293 cm³/mol. The molecule has 0 bridgehead atoms. The SMILES string of the molecule is C=CC(=O)OCCCCCCOc1ccc(C(=O)Oc2cc(/C=N/Nc3ccc4cc(OC(=O)C(=C)C)ccc4c3)c(OC(=O)c3ccc(OCCCCCCOC(=O)C=C)cc3)c3ccc(OC(=O)C(=C)C)cc23)cc1.